The van der Waals surface area contributed by atoms with E-state index in [0.29, 0.717) is 37.4 Å². The van der Waals surface area contributed by atoms with Crippen molar-refractivity contribution in [1.29, 1.82) is 0 Å². The van der Waals surface area contributed by atoms with Crippen LogP contribution in [0.5, 0.6) is 0 Å². The molecule has 7 heteroatoms. The van der Waals surface area contributed by atoms with Gasteiger partial charge < -0.3 is 15.0 Å². The second-order valence-corrected chi connectivity index (χ2v) is 9.53. The lowest BCUT2D eigenvalue weighted by Crippen LogP contribution is -2.42. The summed E-state index contributed by atoms with van der Waals surface area (Å²) in [6, 6.07) is 14.6. The third-order valence-electron chi connectivity index (χ3n) is 6.98. The number of H-pyrrole nitrogens is 1. The van der Waals surface area contributed by atoms with Crippen LogP contribution in [0.15, 0.2) is 48.7 Å². The van der Waals surface area contributed by atoms with E-state index in [1.807, 2.05) is 25.3 Å². The maximum absolute atomic E-state index is 13.3. The number of carbonyl (C=O) groups is 2. The predicted molar refractivity (Wildman–Crippen MR) is 143 cm³/mol. The van der Waals surface area contributed by atoms with Crippen molar-refractivity contribution < 1.29 is 14.3 Å². The Labute approximate surface area is 213 Å². The second kappa shape index (κ2) is 13.3. The molecule has 1 unspecified atom stereocenters. The summed E-state index contributed by atoms with van der Waals surface area (Å²) in [5.74, 6) is 0.670. The minimum atomic E-state index is -0.342. The van der Waals surface area contributed by atoms with Crippen LogP contribution in [-0.4, -0.2) is 66.0 Å². The molecule has 1 aliphatic rings. The van der Waals surface area contributed by atoms with Gasteiger partial charge in [-0.1, -0.05) is 56.2 Å². The molecule has 0 bridgehead atoms. The van der Waals surface area contributed by atoms with Crippen LogP contribution in [0.1, 0.15) is 57.2 Å². The number of hydrogen-bond acceptors (Lipinski definition) is 5. The third-order valence-corrected chi connectivity index (χ3v) is 6.98. The fourth-order valence-electron chi connectivity index (χ4n) is 4.72. The van der Waals surface area contributed by atoms with Crippen LogP contribution in [0.25, 0.3) is 22.0 Å². The topological polar surface area (TPSA) is 87.3 Å². The van der Waals surface area contributed by atoms with E-state index in [-0.39, 0.29) is 11.8 Å². The predicted octanol–water partition coefficient (Wildman–Crippen LogP) is 4.69. The van der Waals surface area contributed by atoms with Gasteiger partial charge in [0.1, 0.15) is 11.6 Å². The Morgan fingerprint density at radius 1 is 1.08 bits per heavy atom. The number of carbonyl (C=O) groups excluding carboxylic acids is 2. The number of Topliss-reactive ketones (excluding diaryl/α,β-unsaturated/α-hetero) is 1. The van der Waals surface area contributed by atoms with Crippen LogP contribution in [0.3, 0.4) is 0 Å². The number of nitrogens with zero attached hydrogens (tertiary/aromatic N) is 2. The van der Waals surface area contributed by atoms with Gasteiger partial charge in [0.2, 0.25) is 5.91 Å². The fourth-order valence-corrected chi connectivity index (χ4v) is 4.72. The van der Waals surface area contributed by atoms with Crippen LogP contribution >= 0.6 is 0 Å². The summed E-state index contributed by atoms with van der Waals surface area (Å²) >= 11 is 0. The van der Waals surface area contributed by atoms with Gasteiger partial charge in [0.05, 0.1) is 31.0 Å². The van der Waals surface area contributed by atoms with E-state index >= 15 is 0 Å². The number of amides is 1. The molecular weight excluding hydrogens is 452 g/mol. The summed E-state index contributed by atoms with van der Waals surface area (Å²) in [5, 5.41) is 5.50. The van der Waals surface area contributed by atoms with Crippen LogP contribution in [0, 0.1) is 0 Å². The molecule has 1 atom stereocenters. The Kier molecular flexibility index (Phi) is 9.64. The van der Waals surface area contributed by atoms with E-state index in [2.05, 4.69) is 50.5 Å². The molecule has 1 amide bonds. The van der Waals surface area contributed by atoms with Crippen molar-refractivity contribution >= 4 is 22.5 Å². The number of fused-ring (bicyclic) bond motifs is 1. The van der Waals surface area contributed by atoms with Crippen molar-refractivity contribution in [3.8, 4) is 11.3 Å². The Morgan fingerprint density at radius 3 is 2.69 bits per heavy atom. The molecule has 1 saturated heterocycles. The molecule has 2 aromatic carbocycles. The molecule has 7 nitrogen and oxygen atoms in total. The molecule has 1 fully saturated rings. The summed E-state index contributed by atoms with van der Waals surface area (Å²) in [7, 11) is 0. The maximum atomic E-state index is 13.3. The van der Waals surface area contributed by atoms with Crippen molar-refractivity contribution in [2.24, 2.45) is 0 Å². The Hall–Kier alpha value is -3.03. The van der Waals surface area contributed by atoms with Crippen molar-refractivity contribution in [1.82, 2.24) is 20.2 Å². The van der Waals surface area contributed by atoms with Crippen LogP contribution in [0.4, 0.5) is 0 Å². The van der Waals surface area contributed by atoms with Crippen molar-refractivity contribution in [3.63, 3.8) is 0 Å². The van der Waals surface area contributed by atoms with E-state index in [0.717, 1.165) is 63.4 Å². The van der Waals surface area contributed by atoms with E-state index in [1.165, 1.54) is 10.8 Å². The Balaban J connectivity index is 1.41. The molecular formula is C29H38N4O3. The van der Waals surface area contributed by atoms with Gasteiger partial charge >= 0.3 is 0 Å². The molecule has 36 heavy (non-hydrogen) atoms. The smallest absolute Gasteiger partial charge is 0.230 e. The molecule has 2 N–H and O–H groups in total. The number of unbranched alkanes of at least 4 members (excludes halogenated alkanes) is 2. The molecule has 0 aliphatic carbocycles. The number of nitrogens with one attached hydrogen (secondary N) is 2. The number of aromatic amines is 1. The van der Waals surface area contributed by atoms with E-state index < -0.39 is 0 Å². The normalized spacial score (nSPS) is 15.1. The number of aromatic nitrogens is 2. The minimum Gasteiger partial charge on any atom is -0.379 e. The zero-order valence-electron chi connectivity index (χ0n) is 21.3. The van der Waals surface area contributed by atoms with E-state index in [9.17, 15) is 9.59 Å². The number of hydrogen-bond donors (Lipinski definition) is 2. The van der Waals surface area contributed by atoms with Gasteiger partial charge in [0, 0.05) is 44.6 Å². The number of rotatable bonds is 13. The highest BCUT2D eigenvalue weighted by atomic mass is 16.5. The number of morpholine rings is 1. The first-order valence-electron chi connectivity index (χ1n) is 13.3. The molecule has 0 radical (unpaired) electrons. The van der Waals surface area contributed by atoms with Crippen molar-refractivity contribution in [2.45, 2.75) is 51.4 Å². The first-order valence-corrected chi connectivity index (χ1v) is 13.3. The summed E-state index contributed by atoms with van der Waals surface area (Å²) < 4.78 is 5.41. The summed E-state index contributed by atoms with van der Waals surface area (Å²) in [5.41, 5.74) is 1.97. The van der Waals surface area contributed by atoms with Crippen LogP contribution in [-0.2, 0) is 14.3 Å². The molecule has 1 aliphatic heterocycles. The number of ketones is 1. The maximum Gasteiger partial charge on any atom is 0.230 e. The fraction of sp³-hybridized carbons (Fsp3) is 0.483. The molecule has 0 saturated carbocycles. The zero-order valence-corrected chi connectivity index (χ0v) is 21.3. The Bertz CT molecular complexity index is 1140. The summed E-state index contributed by atoms with van der Waals surface area (Å²) in [6.45, 7) is 6.65. The standard InChI is InChI=1S/C29H38N4O3/c1-2-25(34)10-4-3-5-11-26(29(35)30-14-15-33-16-18-36-19-17-33)28-31-21-27(32-28)24-13-12-22-8-6-7-9-23(22)20-24/h6-9,12-13,20-21,26H,2-5,10-11,14-19H2,1H3,(H,30,35)(H,31,32). The lowest BCUT2D eigenvalue weighted by Gasteiger charge is -2.26. The molecule has 1 aromatic heterocycles. The summed E-state index contributed by atoms with van der Waals surface area (Å²) in [6.07, 6.45) is 6.43. The quantitative estimate of drug-likeness (QED) is 0.340. The van der Waals surface area contributed by atoms with E-state index in [1.54, 1.807) is 0 Å². The third kappa shape index (κ3) is 7.24. The first kappa shape index (κ1) is 26.0. The lowest BCUT2D eigenvalue weighted by molar-refractivity contribution is -0.123. The van der Waals surface area contributed by atoms with Gasteiger partial charge in [-0.05, 0) is 29.7 Å². The van der Waals surface area contributed by atoms with Gasteiger partial charge in [0.25, 0.3) is 0 Å². The van der Waals surface area contributed by atoms with Gasteiger partial charge in [-0.25, -0.2) is 4.98 Å². The molecule has 192 valence electrons. The van der Waals surface area contributed by atoms with Crippen molar-refractivity contribution in [3.05, 3.63) is 54.5 Å². The van der Waals surface area contributed by atoms with Gasteiger partial charge in [-0.2, -0.15) is 0 Å². The largest absolute Gasteiger partial charge is 0.379 e. The number of ether oxygens (including phenoxy) is 1. The molecule has 3 aromatic rings. The van der Waals surface area contributed by atoms with Crippen molar-refractivity contribution in [2.75, 3.05) is 39.4 Å². The zero-order chi connectivity index (χ0) is 25.2. The van der Waals surface area contributed by atoms with Gasteiger partial charge in [0.15, 0.2) is 0 Å². The highest BCUT2D eigenvalue weighted by Gasteiger charge is 2.24. The van der Waals surface area contributed by atoms with E-state index in [4.69, 9.17) is 4.74 Å². The molecule has 4 rings (SSSR count). The monoisotopic (exact) mass is 490 g/mol. The number of benzene rings is 2. The van der Waals surface area contributed by atoms with Gasteiger partial charge in [-0.15, -0.1) is 0 Å². The highest BCUT2D eigenvalue weighted by Crippen LogP contribution is 2.27. The Morgan fingerprint density at radius 2 is 1.89 bits per heavy atom. The average Bonchev–Trinajstić information content (AvgIpc) is 3.40. The molecule has 0 spiro atoms. The highest BCUT2D eigenvalue weighted by molar-refractivity contribution is 5.87. The SMILES string of the molecule is CCC(=O)CCCCCC(C(=O)NCCN1CCOCC1)c1ncc(-c2ccc3ccccc3c2)[nH]1. The number of imidazole rings is 1. The van der Waals surface area contributed by atoms with Crippen LogP contribution < -0.4 is 5.32 Å². The summed E-state index contributed by atoms with van der Waals surface area (Å²) in [4.78, 5) is 35.3. The first-order chi connectivity index (χ1) is 17.6. The lowest BCUT2D eigenvalue weighted by atomic mass is 9.98. The minimum absolute atomic E-state index is 0.00676. The second-order valence-electron chi connectivity index (χ2n) is 9.53. The average molecular weight is 491 g/mol. The van der Waals surface area contributed by atoms with Gasteiger partial charge in [-0.3, -0.25) is 14.5 Å². The van der Waals surface area contributed by atoms with Crippen LogP contribution in [0.2, 0.25) is 0 Å². The molecule has 2 heterocycles.